The Kier molecular flexibility index (Phi) is 4.90. The Balaban J connectivity index is 1.74. The van der Waals surface area contributed by atoms with Crippen LogP contribution >= 0.6 is 11.3 Å². The minimum Gasteiger partial charge on any atom is -0.347 e. The molecule has 0 aliphatic carbocycles. The number of hydrogen-bond acceptors (Lipinski definition) is 3. The summed E-state index contributed by atoms with van der Waals surface area (Å²) in [5.41, 5.74) is 3.12. The van der Waals surface area contributed by atoms with Crippen molar-refractivity contribution in [1.29, 1.82) is 0 Å². The summed E-state index contributed by atoms with van der Waals surface area (Å²) in [6.07, 6.45) is 0. The van der Waals surface area contributed by atoms with Gasteiger partial charge >= 0.3 is 0 Å². The first-order chi connectivity index (χ1) is 12.0. The van der Waals surface area contributed by atoms with Gasteiger partial charge in [0.15, 0.2) is 11.6 Å². The van der Waals surface area contributed by atoms with Crippen molar-refractivity contribution in [2.45, 2.75) is 20.4 Å². The number of benzene rings is 2. The third-order valence-corrected chi connectivity index (χ3v) is 5.05. The molecule has 0 unspecified atom stereocenters. The second-order valence-electron chi connectivity index (χ2n) is 5.65. The first-order valence-electron chi connectivity index (χ1n) is 7.71. The molecule has 1 N–H and O–H groups in total. The fraction of sp³-hybridized carbons (Fsp3) is 0.158. The van der Waals surface area contributed by atoms with Crippen LogP contribution in [0.25, 0.3) is 10.6 Å². The normalized spacial score (nSPS) is 10.7. The lowest BCUT2D eigenvalue weighted by Crippen LogP contribution is -2.22. The summed E-state index contributed by atoms with van der Waals surface area (Å²) < 4.78 is 26.2. The van der Waals surface area contributed by atoms with Crippen LogP contribution in [0.3, 0.4) is 0 Å². The Morgan fingerprint density at radius 1 is 1.12 bits per heavy atom. The molecule has 0 fully saturated rings. The van der Waals surface area contributed by atoms with Crippen molar-refractivity contribution in [3.63, 3.8) is 0 Å². The SMILES string of the molecule is Cc1ccccc1-c1nc(C)c(CNC(=O)c2ccc(F)c(F)c2)s1. The number of rotatable bonds is 4. The number of aromatic nitrogens is 1. The summed E-state index contributed by atoms with van der Waals surface area (Å²) in [4.78, 5) is 17.6. The molecule has 0 aliphatic rings. The molecule has 0 saturated heterocycles. The van der Waals surface area contributed by atoms with Gasteiger partial charge in [0.2, 0.25) is 0 Å². The second-order valence-corrected chi connectivity index (χ2v) is 6.74. The van der Waals surface area contributed by atoms with Crippen molar-refractivity contribution in [2.24, 2.45) is 0 Å². The van der Waals surface area contributed by atoms with Gasteiger partial charge in [-0.3, -0.25) is 4.79 Å². The van der Waals surface area contributed by atoms with Crippen LogP contribution in [-0.4, -0.2) is 10.9 Å². The second kappa shape index (κ2) is 7.11. The summed E-state index contributed by atoms with van der Waals surface area (Å²) in [5.74, 6) is -2.47. The van der Waals surface area contributed by atoms with E-state index in [1.165, 1.54) is 17.4 Å². The molecule has 0 aliphatic heterocycles. The molecule has 6 heteroatoms. The van der Waals surface area contributed by atoms with Crippen molar-refractivity contribution >= 4 is 17.2 Å². The summed E-state index contributed by atoms with van der Waals surface area (Å²) in [6.45, 7) is 4.20. The summed E-state index contributed by atoms with van der Waals surface area (Å²) >= 11 is 1.51. The molecule has 3 nitrogen and oxygen atoms in total. The molecule has 0 saturated carbocycles. The van der Waals surface area contributed by atoms with Crippen LogP contribution in [0.1, 0.15) is 26.5 Å². The van der Waals surface area contributed by atoms with Crippen LogP contribution in [0.2, 0.25) is 0 Å². The maximum atomic E-state index is 13.2. The molecule has 25 heavy (non-hydrogen) atoms. The number of halogens is 2. The van der Waals surface area contributed by atoms with E-state index in [1.54, 1.807) is 0 Å². The maximum absolute atomic E-state index is 13.2. The van der Waals surface area contributed by atoms with Crippen LogP contribution in [0.15, 0.2) is 42.5 Å². The van der Waals surface area contributed by atoms with Crippen LogP contribution in [0.5, 0.6) is 0 Å². The van der Waals surface area contributed by atoms with Crippen LogP contribution in [0, 0.1) is 25.5 Å². The molecule has 1 aromatic heterocycles. The largest absolute Gasteiger partial charge is 0.347 e. The Morgan fingerprint density at radius 2 is 1.88 bits per heavy atom. The van der Waals surface area contributed by atoms with Crippen molar-refractivity contribution in [1.82, 2.24) is 10.3 Å². The lowest BCUT2D eigenvalue weighted by Gasteiger charge is -2.04. The fourth-order valence-electron chi connectivity index (χ4n) is 2.42. The van der Waals surface area contributed by atoms with Gasteiger partial charge in [-0.1, -0.05) is 24.3 Å². The minimum absolute atomic E-state index is 0.0835. The molecular weight excluding hydrogens is 342 g/mol. The van der Waals surface area contributed by atoms with Gasteiger partial charge in [0.1, 0.15) is 5.01 Å². The summed E-state index contributed by atoms with van der Waals surface area (Å²) in [5, 5.41) is 3.62. The Labute approximate surface area is 148 Å². The van der Waals surface area contributed by atoms with Gasteiger partial charge in [-0.05, 0) is 37.6 Å². The number of aryl methyl sites for hydroxylation is 2. The molecular formula is C19H16F2N2OS. The molecule has 0 radical (unpaired) electrons. The van der Waals surface area contributed by atoms with Crippen LogP contribution in [-0.2, 0) is 6.54 Å². The number of hydrogen-bond donors (Lipinski definition) is 1. The zero-order valence-electron chi connectivity index (χ0n) is 13.8. The average Bonchev–Trinajstić information content (AvgIpc) is 2.96. The Hall–Kier alpha value is -2.60. The number of nitrogens with one attached hydrogen (secondary N) is 1. The van der Waals surface area contributed by atoms with Crippen molar-refractivity contribution in [3.05, 3.63) is 75.8 Å². The van der Waals surface area contributed by atoms with Gasteiger partial charge in [0, 0.05) is 16.0 Å². The zero-order valence-corrected chi connectivity index (χ0v) is 14.6. The van der Waals surface area contributed by atoms with E-state index in [1.807, 2.05) is 38.1 Å². The molecule has 3 aromatic rings. The van der Waals surface area contributed by atoms with Crippen LogP contribution in [0.4, 0.5) is 8.78 Å². The van der Waals surface area contributed by atoms with Gasteiger partial charge in [-0.2, -0.15) is 0 Å². The highest BCUT2D eigenvalue weighted by atomic mass is 32.1. The van der Waals surface area contributed by atoms with Crippen molar-refractivity contribution < 1.29 is 13.6 Å². The quantitative estimate of drug-likeness (QED) is 0.738. The number of amides is 1. The highest BCUT2D eigenvalue weighted by Crippen LogP contribution is 2.30. The number of carbonyl (C=O) groups is 1. The van der Waals surface area contributed by atoms with E-state index in [0.29, 0.717) is 0 Å². The molecule has 0 spiro atoms. The molecule has 3 rings (SSSR count). The average molecular weight is 358 g/mol. The minimum atomic E-state index is -1.04. The monoisotopic (exact) mass is 358 g/mol. The standard InChI is InChI=1S/C19H16F2N2OS/c1-11-5-3-4-6-14(11)19-23-12(2)17(25-19)10-22-18(24)13-7-8-15(20)16(21)9-13/h3-9H,10H2,1-2H3,(H,22,24). The predicted molar refractivity (Wildman–Crippen MR) is 94.6 cm³/mol. The van der Waals surface area contributed by atoms with Gasteiger partial charge < -0.3 is 5.32 Å². The van der Waals surface area contributed by atoms with E-state index >= 15 is 0 Å². The van der Waals surface area contributed by atoms with Gasteiger partial charge in [-0.25, -0.2) is 13.8 Å². The number of nitrogens with zero attached hydrogens (tertiary/aromatic N) is 1. The topological polar surface area (TPSA) is 42.0 Å². The fourth-order valence-corrected chi connectivity index (χ4v) is 3.51. The van der Waals surface area contributed by atoms with Gasteiger partial charge in [0.05, 0.1) is 12.2 Å². The maximum Gasteiger partial charge on any atom is 0.251 e. The molecule has 0 bridgehead atoms. The van der Waals surface area contributed by atoms with E-state index in [4.69, 9.17) is 0 Å². The van der Waals surface area contributed by atoms with E-state index in [0.717, 1.165) is 38.8 Å². The summed E-state index contributed by atoms with van der Waals surface area (Å²) in [6, 6.07) is 11.1. The van der Waals surface area contributed by atoms with Gasteiger partial charge in [-0.15, -0.1) is 11.3 Å². The Morgan fingerprint density at radius 3 is 2.60 bits per heavy atom. The van der Waals surface area contributed by atoms with E-state index in [2.05, 4.69) is 10.3 Å². The lowest BCUT2D eigenvalue weighted by atomic mass is 10.1. The molecule has 128 valence electrons. The molecule has 1 heterocycles. The molecule has 1 amide bonds. The summed E-state index contributed by atoms with van der Waals surface area (Å²) in [7, 11) is 0. The molecule has 0 atom stereocenters. The van der Waals surface area contributed by atoms with E-state index in [9.17, 15) is 13.6 Å². The van der Waals surface area contributed by atoms with E-state index < -0.39 is 17.5 Å². The third kappa shape index (κ3) is 3.74. The van der Waals surface area contributed by atoms with Crippen molar-refractivity contribution in [2.75, 3.05) is 0 Å². The van der Waals surface area contributed by atoms with Crippen LogP contribution < -0.4 is 5.32 Å². The number of thiazole rings is 1. The predicted octanol–water partition coefficient (Wildman–Crippen LogP) is 4.64. The first-order valence-corrected chi connectivity index (χ1v) is 8.53. The zero-order chi connectivity index (χ0) is 18.0. The smallest absolute Gasteiger partial charge is 0.251 e. The lowest BCUT2D eigenvalue weighted by molar-refractivity contribution is 0.0950. The first kappa shape index (κ1) is 17.2. The molecule has 2 aromatic carbocycles. The van der Waals surface area contributed by atoms with Gasteiger partial charge in [0.25, 0.3) is 5.91 Å². The van der Waals surface area contributed by atoms with E-state index in [-0.39, 0.29) is 12.1 Å². The highest BCUT2D eigenvalue weighted by Gasteiger charge is 2.13. The number of carbonyl (C=O) groups excluding carboxylic acids is 1. The van der Waals surface area contributed by atoms with Crippen molar-refractivity contribution in [3.8, 4) is 10.6 Å². The highest BCUT2D eigenvalue weighted by molar-refractivity contribution is 7.15. The Bertz CT molecular complexity index is 937. The third-order valence-electron chi connectivity index (χ3n) is 3.86.